The summed E-state index contributed by atoms with van der Waals surface area (Å²) in [7, 11) is 3.30. The number of hydrogen-bond acceptors (Lipinski definition) is 3. The molecule has 21 heavy (non-hydrogen) atoms. The van der Waals surface area contributed by atoms with Crippen molar-refractivity contribution in [1.82, 2.24) is 10.2 Å². The Morgan fingerprint density at radius 1 is 1.52 bits per heavy atom. The van der Waals surface area contributed by atoms with Crippen LogP contribution in [0.4, 0.5) is 4.79 Å². The molecule has 6 heteroatoms. The van der Waals surface area contributed by atoms with Crippen LogP contribution in [-0.2, 0) is 6.42 Å². The Labute approximate surface area is 130 Å². The van der Waals surface area contributed by atoms with Gasteiger partial charge in [-0.2, -0.15) is 0 Å². The van der Waals surface area contributed by atoms with Crippen LogP contribution in [0.15, 0.2) is 18.2 Å². The van der Waals surface area contributed by atoms with Crippen LogP contribution in [0.2, 0.25) is 5.02 Å². The average molecular weight is 315 g/mol. The van der Waals surface area contributed by atoms with Crippen molar-refractivity contribution in [1.29, 1.82) is 0 Å². The molecule has 2 amide bonds. The van der Waals surface area contributed by atoms with E-state index in [0.717, 1.165) is 5.56 Å². The fourth-order valence-electron chi connectivity index (χ4n) is 1.78. The van der Waals surface area contributed by atoms with Gasteiger partial charge in [0.25, 0.3) is 0 Å². The van der Waals surface area contributed by atoms with E-state index < -0.39 is 6.10 Å². The van der Waals surface area contributed by atoms with Gasteiger partial charge in [0.2, 0.25) is 0 Å². The third kappa shape index (κ3) is 6.23. The lowest BCUT2D eigenvalue weighted by Crippen LogP contribution is -2.39. The van der Waals surface area contributed by atoms with E-state index in [1.807, 2.05) is 12.1 Å². The average Bonchev–Trinajstić information content (AvgIpc) is 2.45. The van der Waals surface area contributed by atoms with E-state index in [1.165, 1.54) is 0 Å². The third-order valence-corrected chi connectivity index (χ3v) is 3.51. The molecule has 2 N–H and O–H groups in total. The minimum atomic E-state index is -0.404. The zero-order valence-electron chi connectivity index (χ0n) is 12.7. The quantitative estimate of drug-likeness (QED) is 0.812. The molecule has 1 aromatic carbocycles. The summed E-state index contributed by atoms with van der Waals surface area (Å²) >= 11 is 6.14. The maximum atomic E-state index is 11.8. The zero-order chi connectivity index (χ0) is 15.8. The van der Waals surface area contributed by atoms with Crippen LogP contribution in [0.25, 0.3) is 0 Å². The monoisotopic (exact) mass is 314 g/mol. The standard InChI is InChI=1S/C15H23ClN2O3/c1-11(19)7-9-18(2)15(20)17-8-6-12-4-5-13(21-3)10-14(12)16/h4-5,10-11,19H,6-9H2,1-3H3,(H,17,20). The number of aliphatic hydroxyl groups is 1. The first-order chi connectivity index (χ1) is 9.93. The molecule has 5 nitrogen and oxygen atoms in total. The summed E-state index contributed by atoms with van der Waals surface area (Å²) in [6, 6.07) is 5.34. The highest BCUT2D eigenvalue weighted by Crippen LogP contribution is 2.22. The number of halogens is 1. The highest BCUT2D eigenvalue weighted by Gasteiger charge is 2.09. The Balaban J connectivity index is 2.37. The van der Waals surface area contributed by atoms with E-state index in [-0.39, 0.29) is 6.03 Å². The number of carbonyl (C=O) groups excluding carboxylic acids is 1. The van der Waals surface area contributed by atoms with Crippen molar-refractivity contribution in [3.05, 3.63) is 28.8 Å². The predicted octanol–water partition coefficient (Wildman–Crippen LogP) is 2.30. The van der Waals surface area contributed by atoms with Gasteiger partial charge in [-0.3, -0.25) is 0 Å². The van der Waals surface area contributed by atoms with Gasteiger partial charge in [-0.25, -0.2) is 4.79 Å². The van der Waals surface area contributed by atoms with Crippen LogP contribution in [0.5, 0.6) is 5.75 Å². The third-order valence-electron chi connectivity index (χ3n) is 3.16. The number of ether oxygens (including phenoxy) is 1. The van der Waals surface area contributed by atoms with E-state index in [2.05, 4.69) is 5.32 Å². The molecule has 0 fully saturated rings. The first kappa shape index (κ1) is 17.6. The second-order valence-corrected chi connectivity index (χ2v) is 5.41. The highest BCUT2D eigenvalue weighted by molar-refractivity contribution is 6.31. The van der Waals surface area contributed by atoms with Gasteiger partial charge in [-0.05, 0) is 37.5 Å². The van der Waals surface area contributed by atoms with Crippen LogP contribution >= 0.6 is 11.6 Å². The lowest BCUT2D eigenvalue weighted by atomic mass is 10.1. The lowest BCUT2D eigenvalue weighted by Gasteiger charge is -2.18. The highest BCUT2D eigenvalue weighted by atomic mass is 35.5. The van der Waals surface area contributed by atoms with Gasteiger partial charge < -0.3 is 20.1 Å². The minimum Gasteiger partial charge on any atom is -0.497 e. The Kier molecular flexibility index (Phi) is 7.32. The smallest absolute Gasteiger partial charge is 0.317 e. The van der Waals surface area contributed by atoms with Gasteiger partial charge in [-0.1, -0.05) is 17.7 Å². The predicted molar refractivity (Wildman–Crippen MR) is 84.0 cm³/mol. The number of carbonyl (C=O) groups is 1. The van der Waals surface area contributed by atoms with E-state index in [4.69, 9.17) is 16.3 Å². The van der Waals surface area contributed by atoms with Crippen molar-refractivity contribution in [3.8, 4) is 5.75 Å². The fourth-order valence-corrected chi connectivity index (χ4v) is 2.04. The summed E-state index contributed by atoms with van der Waals surface area (Å²) in [5.41, 5.74) is 0.962. The van der Waals surface area contributed by atoms with E-state index in [1.54, 1.807) is 32.0 Å². The van der Waals surface area contributed by atoms with Crippen LogP contribution < -0.4 is 10.1 Å². The summed E-state index contributed by atoms with van der Waals surface area (Å²) in [5.74, 6) is 0.714. The number of nitrogens with zero attached hydrogens (tertiary/aromatic N) is 1. The Bertz CT molecular complexity index is 466. The molecule has 0 aromatic heterocycles. The molecule has 1 unspecified atom stereocenters. The maximum Gasteiger partial charge on any atom is 0.317 e. The number of hydrogen-bond donors (Lipinski definition) is 2. The van der Waals surface area contributed by atoms with E-state index >= 15 is 0 Å². The first-order valence-electron chi connectivity index (χ1n) is 6.93. The summed E-state index contributed by atoms with van der Waals surface area (Å²) in [5, 5.41) is 12.7. The molecule has 1 rings (SSSR count). The molecule has 0 saturated heterocycles. The van der Waals surface area contributed by atoms with Crippen LogP contribution in [0.1, 0.15) is 18.9 Å². The van der Waals surface area contributed by atoms with Gasteiger partial charge in [-0.15, -0.1) is 0 Å². The van der Waals surface area contributed by atoms with Crippen molar-refractivity contribution in [2.75, 3.05) is 27.2 Å². The van der Waals surface area contributed by atoms with Crippen LogP contribution in [0, 0.1) is 0 Å². The minimum absolute atomic E-state index is 0.153. The van der Waals surface area contributed by atoms with Crippen LogP contribution in [0.3, 0.4) is 0 Å². The maximum absolute atomic E-state index is 11.8. The number of urea groups is 1. The second kappa shape index (κ2) is 8.74. The molecule has 1 aromatic rings. The summed E-state index contributed by atoms with van der Waals surface area (Å²) < 4.78 is 5.09. The largest absolute Gasteiger partial charge is 0.497 e. The van der Waals surface area contributed by atoms with Gasteiger partial charge in [0.1, 0.15) is 5.75 Å². The van der Waals surface area contributed by atoms with Crippen LogP contribution in [-0.4, -0.2) is 49.4 Å². The molecule has 0 aliphatic carbocycles. The summed E-state index contributed by atoms with van der Waals surface area (Å²) in [6.45, 7) is 2.73. The Morgan fingerprint density at radius 2 is 2.24 bits per heavy atom. The van der Waals surface area contributed by atoms with Crippen molar-refractivity contribution in [2.24, 2.45) is 0 Å². The molecule has 118 valence electrons. The molecule has 1 atom stereocenters. The number of amides is 2. The van der Waals surface area contributed by atoms with E-state index in [9.17, 15) is 9.90 Å². The molecule has 0 aliphatic rings. The lowest BCUT2D eigenvalue weighted by molar-refractivity contribution is 0.163. The van der Waals surface area contributed by atoms with Crippen molar-refractivity contribution >= 4 is 17.6 Å². The fraction of sp³-hybridized carbons (Fsp3) is 0.533. The molecule has 0 saturated carbocycles. The number of rotatable bonds is 7. The molecule has 0 heterocycles. The molecular formula is C15H23ClN2O3. The van der Waals surface area contributed by atoms with E-state index in [0.29, 0.717) is 36.7 Å². The molecule has 0 spiro atoms. The van der Waals surface area contributed by atoms with Crippen molar-refractivity contribution in [3.63, 3.8) is 0 Å². The molecule has 0 aliphatic heterocycles. The molecular weight excluding hydrogens is 292 g/mol. The van der Waals surface area contributed by atoms with Crippen molar-refractivity contribution < 1.29 is 14.6 Å². The number of benzene rings is 1. The van der Waals surface area contributed by atoms with Gasteiger partial charge in [0.05, 0.1) is 13.2 Å². The zero-order valence-corrected chi connectivity index (χ0v) is 13.5. The van der Waals surface area contributed by atoms with Gasteiger partial charge in [0.15, 0.2) is 0 Å². The Hall–Kier alpha value is -1.46. The van der Waals surface area contributed by atoms with Crippen molar-refractivity contribution in [2.45, 2.75) is 25.9 Å². The number of methoxy groups -OCH3 is 1. The second-order valence-electron chi connectivity index (χ2n) is 5.00. The number of nitrogens with one attached hydrogen (secondary N) is 1. The summed E-state index contributed by atoms with van der Waals surface area (Å²) in [4.78, 5) is 13.4. The van der Waals surface area contributed by atoms with Gasteiger partial charge >= 0.3 is 6.03 Å². The normalized spacial score (nSPS) is 11.9. The number of aliphatic hydroxyl groups excluding tert-OH is 1. The first-order valence-corrected chi connectivity index (χ1v) is 7.31. The van der Waals surface area contributed by atoms with Gasteiger partial charge in [0, 0.05) is 25.2 Å². The molecule has 0 bridgehead atoms. The molecule has 0 radical (unpaired) electrons. The SMILES string of the molecule is COc1ccc(CCNC(=O)N(C)CCC(C)O)c(Cl)c1. The topological polar surface area (TPSA) is 61.8 Å². The summed E-state index contributed by atoms with van der Waals surface area (Å²) in [6.07, 6.45) is 0.811. The Morgan fingerprint density at radius 3 is 2.81 bits per heavy atom.